The van der Waals surface area contributed by atoms with Crippen molar-refractivity contribution in [3.05, 3.63) is 101 Å². The summed E-state index contributed by atoms with van der Waals surface area (Å²) in [6.07, 6.45) is 11.6. The standard InChI is InChI=1S/C30H30O2.C5H11N/c1-30(2,3)32-29(31)28-22(19-20-9-5-4-6-10-20)14-16-26-25-15-13-21-11-7-8-12-23(21)24(25)17-18-27(26)28;1-2-4-6-5-3-1/h4-12,14,16-18,22,28H,13,15,19H2,1-3H3;6H,1-5H2. The molecule has 0 saturated carbocycles. The smallest absolute Gasteiger partial charge is 0.314 e. The summed E-state index contributed by atoms with van der Waals surface area (Å²) in [6.45, 7) is 8.33. The molecule has 0 bridgehead atoms. The number of nitrogens with one attached hydrogen (secondary N) is 1. The Balaban J connectivity index is 0.000000433. The van der Waals surface area contributed by atoms with Crippen LogP contribution in [0.15, 0.2) is 72.8 Å². The van der Waals surface area contributed by atoms with E-state index in [1.165, 1.54) is 65.7 Å². The highest BCUT2D eigenvalue weighted by Gasteiger charge is 2.37. The second kappa shape index (κ2) is 11.7. The Morgan fingerprint density at radius 3 is 2.29 bits per heavy atom. The molecule has 2 atom stereocenters. The summed E-state index contributed by atoms with van der Waals surface area (Å²) in [6, 6.07) is 23.5. The van der Waals surface area contributed by atoms with Crippen LogP contribution in [0.5, 0.6) is 0 Å². The summed E-state index contributed by atoms with van der Waals surface area (Å²) in [4.78, 5) is 13.5. The Morgan fingerprint density at radius 2 is 1.61 bits per heavy atom. The van der Waals surface area contributed by atoms with Crippen LogP contribution < -0.4 is 5.32 Å². The maximum Gasteiger partial charge on any atom is 0.314 e. The van der Waals surface area contributed by atoms with Crippen LogP contribution in [-0.4, -0.2) is 24.7 Å². The number of carbonyl (C=O) groups excluding carboxylic acids is 1. The maximum atomic E-state index is 13.5. The molecule has 1 aliphatic heterocycles. The molecular weight excluding hydrogens is 466 g/mol. The fraction of sp³-hybridized carbons (Fsp3) is 0.400. The lowest BCUT2D eigenvalue weighted by atomic mass is 9.72. The largest absolute Gasteiger partial charge is 0.459 e. The number of allylic oxidation sites excluding steroid dienone is 1. The number of hydrogen-bond acceptors (Lipinski definition) is 3. The third kappa shape index (κ3) is 6.10. The van der Waals surface area contributed by atoms with Crippen molar-refractivity contribution in [1.82, 2.24) is 5.32 Å². The molecule has 3 nitrogen and oxygen atoms in total. The molecule has 0 amide bonds. The molecule has 198 valence electrons. The Morgan fingerprint density at radius 1 is 0.868 bits per heavy atom. The monoisotopic (exact) mass is 507 g/mol. The second-order valence-electron chi connectivity index (χ2n) is 11.8. The van der Waals surface area contributed by atoms with Crippen LogP contribution in [-0.2, 0) is 28.8 Å². The van der Waals surface area contributed by atoms with Gasteiger partial charge in [0.05, 0.1) is 5.92 Å². The van der Waals surface area contributed by atoms with E-state index in [1.54, 1.807) is 0 Å². The number of aryl methyl sites for hydroxylation is 1. The molecule has 1 saturated heterocycles. The van der Waals surface area contributed by atoms with Gasteiger partial charge in [-0.15, -0.1) is 0 Å². The number of ether oxygens (including phenoxy) is 1. The molecule has 0 radical (unpaired) electrons. The van der Waals surface area contributed by atoms with Crippen LogP contribution in [0.4, 0.5) is 0 Å². The van der Waals surface area contributed by atoms with Gasteiger partial charge in [-0.25, -0.2) is 0 Å². The van der Waals surface area contributed by atoms with Crippen molar-refractivity contribution in [3.63, 3.8) is 0 Å². The van der Waals surface area contributed by atoms with E-state index in [1.807, 2.05) is 26.8 Å². The van der Waals surface area contributed by atoms with Crippen molar-refractivity contribution in [2.45, 2.75) is 70.8 Å². The van der Waals surface area contributed by atoms with E-state index in [-0.39, 0.29) is 17.8 Å². The fourth-order valence-corrected chi connectivity index (χ4v) is 6.04. The minimum Gasteiger partial charge on any atom is -0.459 e. The van der Waals surface area contributed by atoms with Crippen molar-refractivity contribution in [3.8, 4) is 11.1 Å². The minimum atomic E-state index is -0.511. The predicted octanol–water partition coefficient (Wildman–Crippen LogP) is 7.52. The molecule has 1 heterocycles. The lowest BCUT2D eigenvalue weighted by molar-refractivity contribution is -0.157. The van der Waals surface area contributed by atoms with E-state index >= 15 is 0 Å². The predicted molar refractivity (Wildman–Crippen MR) is 157 cm³/mol. The first kappa shape index (κ1) is 26.4. The van der Waals surface area contributed by atoms with E-state index in [4.69, 9.17) is 4.74 Å². The topological polar surface area (TPSA) is 38.3 Å². The highest BCUT2D eigenvalue weighted by atomic mass is 16.6. The Kier molecular flexibility index (Phi) is 8.14. The zero-order valence-corrected chi connectivity index (χ0v) is 23.1. The number of fused-ring (bicyclic) bond motifs is 5. The van der Waals surface area contributed by atoms with E-state index in [9.17, 15) is 4.79 Å². The van der Waals surface area contributed by atoms with Crippen molar-refractivity contribution < 1.29 is 9.53 Å². The summed E-state index contributed by atoms with van der Waals surface area (Å²) in [7, 11) is 0. The quantitative estimate of drug-likeness (QED) is 0.373. The number of hydrogen-bond donors (Lipinski definition) is 1. The molecule has 2 aliphatic carbocycles. The molecule has 38 heavy (non-hydrogen) atoms. The molecule has 2 unspecified atom stereocenters. The summed E-state index contributed by atoms with van der Waals surface area (Å²) in [5.74, 6) is -0.342. The lowest BCUT2D eigenvalue weighted by Gasteiger charge is -2.33. The van der Waals surface area contributed by atoms with Crippen LogP contribution in [0.25, 0.3) is 17.2 Å². The maximum absolute atomic E-state index is 13.5. The second-order valence-corrected chi connectivity index (χ2v) is 11.8. The number of benzene rings is 3. The van der Waals surface area contributed by atoms with Gasteiger partial charge in [0.25, 0.3) is 0 Å². The van der Waals surface area contributed by atoms with Crippen molar-refractivity contribution in [2.75, 3.05) is 13.1 Å². The SMILES string of the molecule is C1CCNCC1.CC(C)(C)OC(=O)C1c2ccc3c(c2C=CC1Cc1ccccc1)CCc1ccccc1-3. The van der Waals surface area contributed by atoms with Crippen LogP contribution >= 0.6 is 0 Å². The molecule has 3 aliphatic rings. The molecule has 3 aromatic rings. The number of carbonyl (C=O) groups is 1. The van der Waals surface area contributed by atoms with Gasteiger partial charge in [0.2, 0.25) is 0 Å². The van der Waals surface area contributed by atoms with Crippen LogP contribution in [0.2, 0.25) is 0 Å². The van der Waals surface area contributed by atoms with Gasteiger partial charge in [-0.1, -0.05) is 85.3 Å². The van der Waals surface area contributed by atoms with Crippen molar-refractivity contribution >= 4 is 12.0 Å². The molecular formula is C35H41NO2. The van der Waals surface area contributed by atoms with Gasteiger partial charge < -0.3 is 10.1 Å². The van der Waals surface area contributed by atoms with Gasteiger partial charge in [0.15, 0.2) is 0 Å². The minimum absolute atomic E-state index is 0.0775. The Labute approximate surface area is 228 Å². The van der Waals surface area contributed by atoms with Gasteiger partial charge in [0, 0.05) is 0 Å². The molecule has 1 fully saturated rings. The first-order valence-electron chi connectivity index (χ1n) is 14.3. The van der Waals surface area contributed by atoms with Crippen LogP contribution in [0.3, 0.4) is 0 Å². The van der Waals surface area contributed by atoms with E-state index < -0.39 is 5.60 Å². The number of rotatable bonds is 3. The van der Waals surface area contributed by atoms with Gasteiger partial charge in [-0.05, 0) is 111 Å². The van der Waals surface area contributed by atoms with E-state index in [0.29, 0.717) is 0 Å². The summed E-state index contributed by atoms with van der Waals surface area (Å²) in [5, 5.41) is 3.28. The van der Waals surface area contributed by atoms with E-state index in [2.05, 4.69) is 78.1 Å². The molecule has 3 aromatic carbocycles. The highest BCUT2D eigenvalue weighted by molar-refractivity contribution is 5.86. The van der Waals surface area contributed by atoms with Gasteiger partial charge in [-0.3, -0.25) is 4.79 Å². The number of piperidine rings is 1. The normalized spacial score (nSPS) is 19.8. The zero-order valence-electron chi connectivity index (χ0n) is 23.1. The highest BCUT2D eigenvalue weighted by Crippen LogP contribution is 2.44. The van der Waals surface area contributed by atoms with Gasteiger partial charge in [0.1, 0.15) is 5.60 Å². The van der Waals surface area contributed by atoms with Crippen molar-refractivity contribution in [1.29, 1.82) is 0 Å². The third-order valence-electron chi connectivity index (χ3n) is 7.80. The lowest BCUT2D eigenvalue weighted by Crippen LogP contribution is -2.33. The van der Waals surface area contributed by atoms with E-state index in [0.717, 1.165) is 24.8 Å². The zero-order chi connectivity index (χ0) is 26.5. The first-order chi connectivity index (χ1) is 18.4. The van der Waals surface area contributed by atoms with Gasteiger partial charge >= 0.3 is 5.97 Å². The number of esters is 1. The Hall–Kier alpha value is -3.17. The third-order valence-corrected chi connectivity index (χ3v) is 7.80. The summed E-state index contributed by atoms with van der Waals surface area (Å²) < 4.78 is 5.93. The fourth-order valence-electron chi connectivity index (χ4n) is 6.04. The average Bonchev–Trinajstić information content (AvgIpc) is 2.93. The van der Waals surface area contributed by atoms with Gasteiger partial charge in [-0.2, -0.15) is 0 Å². The summed E-state index contributed by atoms with van der Waals surface area (Å²) >= 11 is 0. The van der Waals surface area contributed by atoms with Crippen molar-refractivity contribution in [2.24, 2.45) is 5.92 Å². The molecule has 0 aromatic heterocycles. The summed E-state index contributed by atoms with van der Waals surface area (Å²) in [5.41, 5.74) is 8.46. The molecule has 1 N–H and O–H groups in total. The molecule has 6 rings (SSSR count). The van der Waals surface area contributed by atoms with Crippen LogP contribution in [0, 0.1) is 5.92 Å². The molecule has 3 heteroatoms. The Bertz CT molecular complexity index is 1270. The van der Waals surface area contributed by atoms with Crippen LogP contribution in [0.1, 0.15) is 73.8 Å². The first-order valence-corrected chi connectivity index (χ1v) is 14.3. The average molecular weight is 508 g/mol. The molecule has 0 spiro atoms.